The van der Waals surface area contributed by atoms with Gasteiger partial charge in [0.15, 0.2) is 0 Å². The largest absolute Gasteiger partial charge is 0.0910 e. The van der Waals surface area contributed by atoms with Gasteiger partial charge in [-0.05, 0) is 60.3 Å². The van der Waals surface area contributed by atoms with Crippen molar-refractivity contribution in [2.75, 3.05) is 12.3 Å². The Hall–Kier alpha value is -2.26. The van der Waals surface area contributed by atoms with Crippen molar-refractivity contribution in [3.05, 3.63) is 144 Å². The summed E-state index contributed by atoms with van der Waals surface area (Å²) in [6.45, 7) is 0. The van der Waals surface area contributed by atoms with Gasteiger partial charge in [0.2, 0.25) is 0 Å². The van der Waals surface area contributed by atoms with Gasteiger partial charge in [0, 0.05) is 22.6 Å². The summed E-state index contributed by atoms with van der Waals surface area (Å²) in [6.07, 6.45) is 8.20. The van der Waals surface area contributed by atoms with Crippen LogP contribution in [0.4, 0.5) is 0 Å². The van der Waals surface area contributed by atoms with Crippen LogP contribution in [0.25, 0.3) is 0 Å². The zero-order valence-corrected chi connectivity index (χ0v) is 22.8. The maximum Gasteiger partial charge on any atom is 0.00477 e. The van der Waals surface area contributed by atoms with Gasteiger partial charge < -0.3 is 0 Å². The second-order valence-electron chi connectivity index (χ2n) is 10.3. The number of rotatable bonds is 7. The molecule has 182 valence electrons. The summed E-state index contributed by atoms with van der Waals surface area (Å²) in [7, 11) is -0.201. The fraction of sp³-hybridized carbons (Fsp3) is 0.294. The lowest BCUT2D eigenvalue weighted by Gasteiger charge is -2.32. The molecule has 0 saturated carbocycles. The van der Waals surface area contributed by atoms with E-state index in [2.05, 4.69) is 121 Å². The van der Waals surface area contributed by atoms with E-state index in [0.29, 0.717) is 0 Å². The molecule has 0 radical (unpaired) electrons. The molecule has 0 nitrogen and oxygen atoms in total. The first-order chi connectivity index (χ1) is 17.9. The Morgan fingerprint density at radius 2 is 0.583 bits per heavy atom. The van der Waals surface area contributed by atoms with E-state index in [-0.39, 0.29) is 15.8 Å². The Balaban J connectivity index is 1.30. The summed E-state index contributed by atoms with van der Waals surface area (Å²) in [5.74, 6) is 0. The Morgan fingerprint density at radius 3 is 0.806 bits per heavy atom. The molecule has 0 amide bonds. The van der Waals surface area contributed by atoms with Crippen molar-refractivity contribution in [1.82, 2.24) is 0 Å². The Labute approximate surface area is 219 Å². The third-order valence-corrected chi connectivity index (χ3v) is 15.6. The molecule has 0 spiro atoms. The zero-order valence-electron chi connectivity index (χ0n) is 21.0. The molecule has 0 bridgehead atoms. The van der Waals surface area contributed by atoms with Crippen LogP contribution < -0.4 is 0 Å². The van der Waals surface area contributed by atoms with Crippen molar-refractivity contribution < 1.29 is 0 Å². The van der Waals surface area contributed by atoms with E-state index in [0.717, 1.165) is 22.6 Å². The molecule has 2 saturated heterocycles. The maximum atomic E-state index is 2.40. The van der Waals surface area contributed by atoms with Crippen molar-refractivity contribution >= 4 is 15.8 Å². The van der Waals surface area contributed by atoms with Gasteiger partial charge in [0.05, 0.1) is 0 Å². The monoisotopic (exact) mass is 506 g/mol. The topological polar surface area (TPSA) is 0 Å². The molecule has 6 rings (SSSR count). The van der Waals surface area contributed by atoms with Gasteiger partial charge in [-0.1, -0.05) is 137 Å². The minimum absolute atomic E-state index is 0.100. The second-order valence-corrected chi connectivity index (χ2v) is 15.8. The molecule has 2 fully saturated rings. The molecular weight excluding hydrogens is 470 g/mol. The van der Waals surface area contributed by atoms with E-state index in [1.165, 1.54) is 38.0 Å². The number of hydrogen-bond donors (Lipinski definition) is 0. The molecule has 2 aliphatic heterocycles. The van der Waals surface area contributed by atoms with Gasteiger partial charge in [-0.3, -0.25) is 0 Å². The quantitative estimate of drug-likeness (QED) is 0.219. The molecule has 36 heavy (non-hydrogen) atoms. The minimum Gasteiger partial charge on any atom is -0.0910 e. The fourth-order valence-corrected chi connectivity index (χ4v) is 14.8. The summed E-state index contributed by atoms with van der Waals surface area (Å²) in [6, 6.07) is 45.8. The highest BCUT2D eigenvalue weighted by atomic mass is 31.1. The minimum atomic E-state index is -0.100. The SMILES string of the molecule is c1ccc(C2CC[C@@H](c3ccccc3)P2CCP2C(c3ccccc3)CC[C@H]2c2ccccc2)cc1. The molecule has 0 aliphatic carbocycles. The third kappa shape index (κ3) is 5.09. The van der Waals surface area contributed by atoms with Crippen LogP contribution in [0.15, 0.2) is 121 Å². The molecular formula is C34H36P2. The molecule has 4 aromatic carbocycles. The van der Waals surface area contributed by atoms with E-state index in [1.54, 1.807) is 22.3 Å². The smallest absolute Gasteiger partial charge is 0.00477 e. The van der Waals surface area contributed by atoms with Crippen LogP contribution in [0, 0.1) is 0 Å². The van der Waals surface area contributed by atoms with Crippen molar-refractivity contribution in [3.63, 3.8) is 0 Å². The van der Waals surface area contributed by atoms with E-state index in [9.17, 15) is 0 Å². The lowest BCUT2D eigenvalue weighted by Crippen LogP contribution is -2.05. The van der Waals surface area contributed by atoms with Crippen LogP contribution in [0.5, 0.6) is 0 Å². The molecule has 2 heterocycles. The second kappa shape index (κ2) is 11.4. The summed E-state index contributed by atoms with van der Waals surface area (Å²) < 4.78 is 0. The Kier molecular flexibility index (Phi) is 7.65. The average Bonchev–Trinajstić information content (AvgIpc) is 3.58. The van der Waals surface area contributed by atoms with Crippen molar-refractivity contribution in [3.8, 4) is 0 Å². The van der Waals surface area contributed by atoms with Crippen molar-refractivity contribution in [1.29, 1.82) is 0 Å². The predicted octanol–water partition coefficient (Wildman–Crippen LogP) is 10.5. The van der Waals surface area contributed by atoms with Crippen LogP contribution in [0.2, 0.25) is 0 Å². The van der Waals surface area contributed by atoms with Gasteiger partial charge in [0.25, 0.3) is 0 Å². The Bertz CT molecular complexity index is 1020. The highest BCUT2D eigenvalue weighted by molar-refractivity contribution is 7.62. The van der Waals surface area contributed by atoms with Crippen LogP contribution in [-0.4, -0.2) is 12.3 Å². The van der Waals surface area contributed by atoms with Crippen molar-refractivity contribution in [2.24, 2.45) is 0 Å². The van der Waals surface area contributed by atoms with Gasteiger partial charge in [-0.25, -0.2) is 0 Å². The van der Waals surface area contributed by atoms with Gasteiger partial charge in [0.1, 0.15) is 0 Å². The highest BCUT2D eigenvalue weighted by Crippen LogP contribution is 2.75. The van der Waals surface area contributed by atoms with E-state index >= 15 is 0 Å². The van der Waals surface area contributed by atoms with E-state index < -0.39 is 0 Å². The zero-order chi connectivity index (χ0) is 24.2. The van der Waals surface area contributed by atoms with Crippen LogP contribution in [0.3, 0.4) is 0 Å². The normalized spacial score (nSPS) is 27.8. The first kappa shape index (κ1) is 24.1. The van der Waals surface area contributed by atoms with Crippen LogP contribution >= 0.6 is 15.8 Å². The third-order valence-electron chi connectivity index (χ3n) is 8.38. The molecule has 4 unspecified atom stereocenters. The molecule has 6 atom stereocenters. The summed E-state index contributed by atoms with van der Waals surface area (Å²) in [5.41, 5.74) is 9.31. The van der Waals surface area contributed by atoms with E-state index in [4.69, 9.17) is 0 Å². The molecule has 2 aliphatic rings. The van der Waals surface area contributed by atoms with Crippen LogP contribution in [0.1, 0.15) is 70.6 Å². The number of benzene rings is 4. The lowest BCUT2D eigenvalue weighted by molar-refractivity contribution is 0.765. The van der Waals surface area contributed by atoms with Gasteiger partial charge in [-0.2, -0.15) is 0 Å². The molecule has 2 heteroatoms. The van der Waals surface area contributed by atoms with Crippen LogP contribution in [-0.2, 0) is 0 Å². The molecule has 0 aromatic heterocycles. The maximum absolute atomic E-state index is 2.40. The summed E-state index contributed by atoms with van der Waals surface area (Å²) in [5, 5.41) is 0. The summed E-state index contributed by atoms with van der Waals surface area (Å²) >= 11 is 0. The highest BCUT2D eigenvalue weighted by Gasteiger charge is 2.41. The first-order valence-corrected chi connectivity index (χ1v) is 16.9. The Morgan fingerprint density at radius 1 is 0.361 bits per heavy atom. The van der Waals surface area contributed by atoms with E-state index in [1.807, 2.05) is 0 Å². The predicted molar refractivity (Wildman–Crippen MR) is 159 cm³/mol. The number of hydrogen-bond acceptors (Lipinski definition) is 0. The molecule has 4 aromatic rings. The lowest BCUT2D eigenvalue weighted by atomic mass is 10.0. The average molecular weight is 507 g/mol. The summed E-state index contributed by atoms with van der Waals surface area (Å²) in [4.78, 5) is 0. The molecule has 0 N–H and O–H groups in total. The first-order valence-electron chi connectivity index (χ1n) is 13.6. The van der Waals surface area contributed by atoms with Gasteiger partial charge >= 0.3 is 0 Å². The fourth-order valence-electron chi connectivity index (χ4n) is 6.72. The van der Waals surface area contributed by atoms with Gasteiger partial charge in [-0.15, -0.1) is 0 Å². The van der Waals surface area contributed by atoms with Crippen molar-refractivity contribution in [2.45, 2.75) is 48.3 Å². The standard InChI is InChI=1S/C34H36P2/c1-5-13-27(14-6-1)31-21-22-32(28-15-7-2-8-16-28)35(31)25-26-36-33(29-17-9-3-10-18-29)23-24-34(36)30-19-11-4-12-20-30/h1-20,31-34H,21-26H2/t31-,32?,33-,34?,35?,36?/m0/s1.